The Bertz CT molecular complexity index is 680. The van der Waals surface area contributed by atoms with Gasteiger partial charge in [-0.05, 0) is 58.2 Å². The second-order valence-electron chi connectivity index (χ2n) is 6.70. The lowest BCUT2D eigenvalue weighted by Crippen LogP contribution is -2.52. The fraction of sp³-hybridized carbons (Fsp3) is 0.588. The van der Waals surface area contributed by atoms with Crippen LogP contribution in [0.15, 0.2) is 24.3 Å². The zero-order valence-electron chi connectivity index (χ0n) is 14.7. The van der Waals surface area contributed by atoms with Gasteiger partial charge in [-0.3, -0.25) is 9.52 Å². The molecule has 1 amide bonds. The van der Waals surface area contributed by atoms with Gasteiger partial charge in [0.15, 0.2) is 0 Å². The zero-order valence-corrected chi connectivity index (χ0v) is 15.6. The van der Waals surface area contributed by atoms with Crippen molar-refractivity contribution in [1.29, 1.82) is 0 Å². The molecule has 1 aromatic rings. The SMILES string of the molecule is C[C@H](Nc1cccc(NS(C)(=O)=O)c1)C(=O)N1[C@@H](C)CCC[C@@H]1C. The standard InChI is InChI=1S/C17H27N3O3S/c1-12-7-5-8-13(2)20(12)17(21)14(3)18-15-9-6-10-16(11-15)19-24(4,22)23/h6,9-14,18-19H,5,7-8H2,1-4H3/t12-,13-,14-/m0/s1. The summed E-state index contributed by atoms with van der Waals surface area (Å²) in [7, 11) is -3.32. The first-order valence-electron chi connectivity index (χ1n) is 8.34. The number of carbonyl (C=O) groups is 1. The smallest absolute Gasteiger partial charge is 0.245 e. The number of rotatable bonds is 5. The molecule has 1 aliphatic heterocycles. The summed E-state index contributed by atoms with van der Waals surface area (Å²) in [5.74, 6) is 0.0798. The molecule has 1 saturated heterocycles. The van der Waals surface area contributed by atoms with E-state index in [1.807, 2.05) is 17.9 Å². The third kappa shape index (κ3) is 4.87. The topological polar surface area (TPSA) is 78.5 Å². The second-order valence-corrected chi connectivity index (χ2v) is 8.44. The third-order valence-electron chi connectivity index (χ3n) is 4.37. The number of hydrogen-bond donors (Lipinski definition) is 2. The lowest BCUT2D eigenvalue weighted by molar-refractivity contribution is -0.137. The number of piperidine rings is 1. The van der Waals surface area contributed by atoms with Crippen molar-refractivity contribution in [2.45, 2.75) is 58.2 Å². The van der Waals surface area contributed by atoms with Gasteiger partial charge in [0.25, 0.3) is 0 Å². The summed E-state index contributed by atoms with van der Waals surface area (Å²) >= 11 is 0. The summed E-state index contributed by atoms with van der Waals surface area (Å²) in [6.07, 6.45) is 4.35. The molecule has 7 heteroatoms. The summed E-state index contributed by atoms with van der Waals surface area (Å²) in [5.41, 5.74) is 1.18. The number of benzene rings is 1. The van der Waals surface area contributed by atoms with Crippen molar-refractivity contribution in [3.05, 3.63) is 24.3 Å². The molecule has 2 N–H and O–H groups in total. The molecule has 0 aromatic heterocycles. The average Bonchev–Trinajstić information content (AvgIpc) is 2.45. The van der Waals surface area contributed by atoms with Crippen molar-refractivity contribution in [3.8, 4) is 0 Å². The Morgan fingerprint density at radius 3 is 2.38 bits per heavy atom. The van der Waals surface area contributed by atoms with Gasteiger partial charge in [-0.25, -0.2) is 8.42 Å². The molecule has 0 saturated carbocycles. The first-order chi connectivity index (χ1) is 11.2. The number of likely N-dealkylation sites (tertiary alicyclic amines) is 1. The van der Waals surface area contributed by atoms with E-state index in [4.69, 9.17) is 0 Å². The van der Waals surface area contributed by atoms with Crippen LogP contribution in [0.2, 0.25) is 0 Å². The first kappa shape index (κ1) is 18.6. The van der Waals surface area contributed by atoms with Crippen molar-refractivity contribution < 1.29 is 13.2 Å². The fourth-order valence-corrected chi connectivity index (χ4v) is 3.83. The van der Waals surface area contributed by atoms with Crippen LogP contribution in [-0.2, 0) is 14.8 Å². The summed E-state index contributed by atoms with van der Waals surface area (Å²) in [4.78, 5) is 14.8. The van der Waals surface area contributed by atoms with Gasteiger partial charge in [0.05, 0.1) is 11.9 Å². The molecule has 1 fully saturated rings. The quantitative estimate of drug-likeness (QED) is 0.853. The molecular formula is C17H27N3O3S. The van der Waals surface area contributed by atoms with Crippen molar-refractivity contribution in [2.24, 2.45) is 0 Å². The fourth-order valence-electron chi connectivity index (χ4n) is 3.28. The maximum atomic E-state index is 12.8. The van der Waals surface area contributed by atoms with Gasteiger partial charge in [0, 0.05) is 17.8 Å². The minimum Gasteiger partial charge on any atom is -0.374 e. The van der Waals surface area contributed by atoms with Gasteiger partial charge in [-0.15, -0.1) is 0 Å². The van der Waals surface area contributed by atoms with Crippen LogP contribution in [0.4, 0.5) is 11.4 Å². The highest BCUT2D eigenvalue weighted by Gasteiger charge is 2.31. The molecule has 0 bridgehead atoms. The molecule has 2 rings (SSSR count). The highest BCUT2D eigenvalue weighted by Crippen LogP contribution is 2.24. The Balaban J connectivity index is 2.07. The van der Waals surface area contributed by atoms with E-state index in [1.54, 1.807) is 18.2 Å². The molecular weight excluding hydrogens is 326 g/mol. The van der Waals surface area contributed by atoms with Crippen LogP contribution < -0.4 is 10.0 Å². The normalized spacial score (nSPS) is 22.8. The van der Waals surface area contributed by atoms with E-state index >= 15 is 0 Å². The molecule has 0 spiro atoms. The third-order valence-corrected chi connectivity index (χ3v) is 4.97. The number of nitrogens with one attached hydrogen (secondary N) is 2. The number of carbonyl (C=O) groups excluding carboxylic acids is 1. The predicted molar refractivity (Wildman–Crippen MR) is 97.6 cm³/mol. The number of hydrogen-bond acceptors (Lipinski definition) is 4. The van der Waals surface area contributed by atoms with Crippen LogP contribution in [-0.4, -0.2) is 43.6 Å². The molecule has 1 heterocycles. The van der Waals surface area contributed by atoms with E-state index in [-0.39, 0.29) is 24.0 Å². The number of nitrogens with zero attached hydrogens (tertiary/aromatic N) is 1. The monoisotopic (exact) mass is 353 g/mol. The lowest BCUT2D eigenvalue weighted by atomic mass is 9.96. The van der Waals surface area contributed by atoms with Crippen LogP contribution in [0.3, 0.4) is 0 Å². The zero-order chi connectivity index (χ0) is 17.9. The summed E-state index contributed by atoms with van der Waals surface area (Å²) in [6, 6.07) is 7.06. The maximum Gasteiger partial charge on any atom is 0.245 e. The Morgan fingerprint density at radius 2 is 1.79 bits per heavy atom. The van der Waals surface area contributed by atoms with Gasteiger partial charge in [0.2, 0.25) is 15.9 Å². The second kappa shape index (κ2) is 7.42. The van der Waals surface area contributed by atoms with Gasteiger partial charge in [-0.1, -0.05) is 6.07 Å². The molecule has 3 atom stereocenters. The number of amides is 1. The van der Waals surface area contributed by atoms with Crippen molar-refractivity contribution in [1.82, 2.24) is 4.90 Å². The molecule has 1 aromatic carbocycles. The van der Waals surface area contributed by atoms with Crippen molar-refractivity contribution in [2.75, 3.05) is 16.3 Å². The van der Waals surface area contributed by atoms with E-state index in [0.29, 0.717) is 11.4 Å². The van der Waals surface area contributed by atoms with Crippen LogP contribution >= 0.6 is 0 Å². The highest BCUT2D eigenvalue weighted by atomic mass is 32.2. The summed E-state index contributed by atoms with van der Waals surface area (Å²) < 4.78 is 25.1. The van der Waals surface area contributed by atoms with Crippen LogP contribution in [0.1, 0.15) is 40.0 Å². The Morgan fingerprint density at radius 1 is 1.21 bits per heavy atom. The minimum absolute atomic E-state index is 0.0798. The molecule has 0 aliphatic carbocycles. The summed E-state index contributed by atoms with van der Waals surface area (Å²) in [6.45, 7) is 6.03. The average molecular weight is 353 g/mol. The minimum atomic E-state index is -3.32. The Labute approximate surface area is 144 Å². The predicted octanol–water partition coefficient (Wildman–Crippen LogP) is 2.65. The van der Waals surface area contributed by atoms with Crippen molar-refractivity contribution in [3.63, 3.8) is 0 Å². The van der Waals surface area contributed by atoms with E-state index < -0.39 is 10.0 Å². The van der Waals surface area contributed by atoms with Gasteiger partial charge < -0.3 is 10.2 Å². The number of sulfonamides is 1. The van der Waals surface area contributed by atoms with Crippen LogP contribution in [0.5, 0.6) is 0 Å². The largest absolute Gasteiger partial charge is 0.374 e. The Hall–Kier alpha value is -1.76. The van der Waals surface area contributed by atoms with E-state index in [9.17, 15) is 13.2 Å². The van der Waals surface area contributed by atoms with Gasteiger partial charge >= 0.3 is 0 Å². The molecule has 24 heavy (non-hydrogen) atoms. The molecule has 1 aliphatic rings. The van der Waals surface area contributed by atoms with Crippen LogP contribution in [0.25, 0.3) is 0 Å². The maximum absolute atomic E-state index is 12.8. The van der Waals surface area contributed by atoms with Crippen LogP contribution in [0, 0.1) is 0 Å². The van der Waals surface area contributed by atoms with Gasteiger partial charge in [0.1, 0.15) is 6.04 Å². The first-order valence-corrected chi connectivity index (χ1v) is 10.2. The highest BCUT2D eigenvalue weighted by molar-refractivity contribution is 7.92. The molecule has 134 valence electrons. The van der Waals surface area contributed by atoms with Crippen molar-refractivity contribution >= 4 is 27.3 Å². The van der Waals surface area contributed by atoms with E-state index in [1.165, 1.54) is 0 Å². The lowest BCUT2D eigenvalue weighted by Gasteiger charge is -2.40. The summed E-state index contributed by atoms with van der Waals surface area (Å²) in [5, 5.41) is 3.18. The van der Waals surface area contributed by atoms with E-state index in [2.05, 4.69) is 23.9 Å². The van der Waals surface area contributed by atoms with E-state index in [0.717, 1.165) is 25.5 Å². The molecule has 0 radical (unpaired) electrons. The molecule has 6 nitrogen and oxygen atoms in total. The van der Waals surface area contributed by atoms with Gasteiger partial charge in [-0.2, -0.15) is 0 Å². The number of anilines is 2. The molecule has 0 unspecified atom stereocenters. The Kier molecular flexibility index (Phi) is 5.74.